The van der Waals surface area contributed by atoms with Gasteiger partial charge in [0.1, 0.15) is 5.75 Å². The number of anilines is 2. The summed E-state index contributed by atoms with van der Waals surface area (Å²) in [7, 11) is 1.61. The zero-order valence-corrected chi connectivity index (χ0v) is 17.5. The van der Waals surface area contributed by atoms with Gasteiger partial charge in [0.15, 0.2) is 0 Å². The molecule has 2 amide bonds. The molecule has 2 aromatic carbocycles. The van der Waals surface area contributed by atoms with Crippen LogP contribution in [-0.4, -0.2) is 54.4 Å². The van der Waals surface area contributed by atoms with Crippen molar-refractivity contribution in [1.82, 2.24) is 15.0 Å². The molecule has 1 aromatic heterocycles. The number of urea groups is 1. The van der Waals surface area contributed by atoms with Gasteiger partial charge in [0, 0.05) is 55.1 Å². The second kappa shape index (κ2) is 8.29. The fraction of sp³-hybridized carbons (Fsp3) is 0.348. The van der Waals surface area contributed by atoms with E-state index in [1.165, 1.54) is 0 Å². The molecule has 0 radical (unpaired) electrons. The number of carbonyl (C=O) groups is 1. The van der Waals surface area contributed by atoms with Crippen LogP contribution in [0.4, 0.5) is 16.2 Å². The van der Waals surface area contributed by atoms with Gasteiger partial charge >= 0.3 is 6.03 Å². The van der Waals surface area contributed by atoms with Crippen LogP contribution in [0.1, 0.15) is 24.7 Å². The highest BCUT2D eigenvalue weighted by Gasteiger charge is 2.29. The Labute approximate surface area is 180 Å². The standard InChI is InChI=1S/C23H25N5O3/c1-30-20-4-2-3-18(15-20)24-23(29)28-13-11-27(12-14-28)19-9-7-16(8-10-19)21-25-22(31-26-21)17-5-6-17/h2-4,7-10,15,17H,5-6,11-14H2,1H3,(H,24,29). The molecule has 1 aliphatic heterocycles. The third-order valence-corrected chi connectivity index (χ3v) is 5.75. The molecular weight excluding hydrogens is 394 g/mol. The molecule has 0 atom stereocenters. The number of amides is 2. The third-order valence-electron chi connectivity index (χ3n) is 5.75. The van der Waals surface area contributed by atoms with Crippen molar-refractivity contribution in [2.24, 2.45) is 0 Å². The van der Waals surface area contributed by atoms with Gasteiger partial charge in [-0.2, -0.15) is 4.98 Å². The number of rotatable bonds is 5. The van der Waals surface area contributed by atoms with E-state index in [0.717, 1.165) is 54.5 Å². The van der Waals surface area contributed by atoms with E-state index in [1.807, 2.05) is 41.3 Å². The van der Waals surface area contributed by atoms with Crippen LogP contribution < -0.4 is 15.0 Å². The van der Waals surface area contributed by atoms with E-state index >= 15 is 0 Å². The number of ether oxygens (including phenoxy) is 1. The second-order valence-corrected chi connectivity index (χ2v) is 7.91. The van der Waals surface area contributed by atoms with Crippen LogP contribution in [0.25, 0.3) is 11.4 Å². The number of hydrogen-bond acceptors (Lipinski definition) is 6. The van der Waals surface area contributed by atoms with Gasteiger partial charge in [-0.05, 0) is 49.2 Å². The number of benzene rings is 2. The van der Waals surface area contributed by atoms with Crippen molar-refractivity contribution >= 4 is 17.4 Å². The van der Waals surface area contributed by atoms with Crippen LogP contribution in [0.2, 0.25) is 0 Å². The lowest BCUT2D eigenvalue weighted by molar-refractivity contribution is 0.208. The van der Waals surface area contributed by atoms with Gasteiger partial charge < -0.3 is 24.4 Å². The van der Waals surface area contributed by atoms with Crippen molar-refractivity contribution in [2.75, 3.05) is 43.5 Å². The van der Waals surface area contributed by atoms with Crippen molar-refractivity contribution < 1.29 is 14.1 Å². The first-order valence-electron chi connectivity index (χ1n) is 10.6. The lowest BCUT2D eigenvalue weighted by Crippen LogP contribution is -2.50. The number of aromatic nitrogens is 2. The van der Waals surface area contributed by atoms with E-state index in [-0.39, 0.29) is 6.03 Å². The summed E-state index contributed by atoms with van der Waals surface area (Å²) < 4.78 is 10.6. The largest absolute Gasteiger partial charge is 0.497 e. The first kappa shape index (κ1) is 19.4. The Balaban J connectivity index is 1.16. The highest BCUT2D eigenvalue weighted by molar-refractivity contribution is 5.89. The smallest absolute Gasteiger partial charge is 0.321 e. The average molecular weight is 419 g/mol. The molecule has 0 spiro atoms. The van der Waals surface area contributed by atoms with Gasteiger partial charge in [-0.25, -0.2) is 4.79 Å². The first-order chi connectivity index (χ1) is 15.2. The molecule has 0 unspecified atom stereocenters. The van der Waals surface area contributed by atoms with Crippen molar-refractivity contribution in [1.29, 1.82) is 0 Å². The monoisotopic (exact) mass is 419 g/mol. The molecule has 1 saturated heterocycles. The highest BCUT2D eigenvalue weighted by atomic mass is 16.5. The van der Waals surface area contributed by atoms with Crippen LogP contribution in [-0.2, 0) is 0 Å². The molecule has 8 heteroatoms. The Kier molecular flexibility index (Phi) is 5.19. The summed E-state index contributed by atoms with van der Waals surface area (Å²) in [5.41, 5.74) is 2.81. The molecule has 31 heavy (non-hydrogen) atoms. The molecule has 0 bridgehead atoms. The summed E-state index contributed by atoms with van der Waals surface area (Å²) in [6, 6.07) is 15.5. The number of piperazine rings is 1. The van der Waals surface area contributed by atoms with Crippen molar-refractivity contribution in [3.63, 3.8) is 0 Å². The highest BCUT2D eigenvalue weighted by Crippen LogP contribution is 2.39. The zero-order chi connectivity index (χ0) is 21.2. The molecule has 160 valence electrons. The number of nitrogens with zero attached hydrogens (tertiary/aromatic N) is 4. The molecule has 3 aromatic rings. The summed E-state index contributed by atoms with van der Waals surface area (Å²) >= 11 is 0. The minimum atomic E-state index is -0.0909. The van der Waals surface area contributed by atoms with E-state index in [9.17, 15) is 4.79 Å². The zero-order valence-electron chi connectivity index (χ0n) is 17.5. The number of carbonyl (C=O) groups excluding carboxylic acids is 1. The Morgan fingerprint density at radius 1 is 1.10 bits per heavy atom. The topological polar surface area (TPSA) is 83.7 Å². The number of hydrogen-bond donors (Lipinski definition) is 1. The summed E-state index contributed by atoms with van der Waals surface area (Å²) in [6.45, 7) is 2.87. The maximum atomic E-state index is 12.6. The van der Waals surface area contributed by atoms with Gasteiger partial charge in [0.25, 0.3) is 0 Å². The molecule has 5 rings (SSSR count). The van der Waals surface area contributed by atoms with Crippen molar-refractivity contribution in [3.05, 3.63) is 54.4 Å². The minimum absolute atomic E-state index is 0.0909. The maximum Gasteiger partial charge on any atom is 0.321 e. The molecule has 2 fully saturated rings. The van der Waals surface area contributed by atoms with Gasteiger partial charge in [-0.3, -0.25) is 0 Å². The van der Waals surface area contributed by atoms with Crippen molar-refractivity contribution in [2.45, 2.75) is 18.8 Å². The van der Waals surface area contributed by atoms with E-state index < -0.39 is 0 Å². The Bertz CT molecular complexity index is 1050. The van der Waals surface area contributed by atoms with Crippen LogP contribution in [0.15, 0.2) is 53.1 Å². The minimum Gasteiger partial charge on any atom is -0.497 e. The lowest BCUT2D eigenvalue weighted by atomic mass is 10.1. The van der Waals surface area contributed by atoms with Crippen LogP contribution in [0.3, 0.4) is 0 Å². The van der Waals surface area contributed by atoms with E-state index in [4.69, 9.17) is 9.26 Å². The maximum absolute atomic E-state index is 12.6. The summed E-state index contributed by atoms with van der Waals surface area (Å²) in [5.74, 6) is 2.57. The molecule has 8 nitrogen and oxygen atoms in total. The van der Waals surface area contributed by atoms with E-state index in [0.29, 0.717) is 24.8 Å². The summed E-state index contributed by atoms with van der Waals surface area (Å²) in [4.78, 5) is 21.2. The Hall–Kier alpha value is -3.55. The predicted octanol–water partition coefficient (Wildman–Crippen LogP) is 3.98. The SMILES string of the molecule is COc1cccc(NC(=O)N2CCN(c3ccc(-c4noc(C5CC5)n4)cc3)CC2)c1. The fourth-order valence-electron chi connectivity index (χ4n) is 3.74. The van der Waals surface area contributed by atoms with Gasteiger partial charge in [0.05, 0.1) is 7.11 Å². The third kappa shape index (κ3) is 4.33. The lowest BCUT2D eigenvalue weighted by Gasteiger charge is -2.36. The van der Waals surface area contributed by atoms with Gasteiger partial charge in [-0.1, -0.05) is 11.2 Å². The Morgan fingerprint density at radius 2 is 1.87 bits per heavy atom. The molecular formula is C23H25N5O3. The van der Waals surface area contributed by atoms with Gasteiger partial charge in [-0.15, -0.1) is 0 Å². The predicted molar refractivity (Wildman–Crippen MR) is 118 cm³/mol. The van der Waals surface area contributed by atoms with Crippen LogP contribution in [0.5, 0.6) is 5.75 Å². The molecule has 1 N–H and O–H groups in total. The fourth-order valence-corrected chi connectivity index (χ4v) is 3.74. The van der Waals surface area contributed by atoms with Crippen molar-refractivity contribution in [3.8, 4) is 17.1 Å². The summed E-state index contributed by atoms with van der Waals surface area (Å²) in [5, 5.41) is 7.05. The molecule has 2 aliphatic rings. The van der Waals surface area contributed by atoms with E-state index in [2.05, 4.69) is 32.5 Å². The molecule has 1 saturated carbocycles. The number of methoxy groups -OCH3 is 1. The van der Waals surface area contributed by atoms with E-state index in [1.54, 1.807) is 7.11 Å². The molecule has 1 aliphatic carbocycles. The number of nitrogens with one attached hydrogen (secondary N) is 1. The molecule has 2 heterocycles. The second-order valence-electron chi connectivity index (χ2n) is 7.91. The van der Waals surface area contributed by atoms with Crippen LogP contribution in [0, 0.1) is 0 Å². The quantitative estimate of drug-likeness (QED) is 0.674. The van der Waals surface area contributed by atoms with Gasteiger partial charge in [0.2, 0.25) is 11.7 Å². The first-order valence-corrected chi connectivity index (χ1v) is 10.6. The normalized spacial score (nSPS) is 16.3. The van der Waals surface area contributed by atoms with Crippen LogP contribution >= 0.6 is 0 Å². The summed E-state index contributed by atoms with van der Waals surface area (Å²) in [6.07, 6.45) is 2.29. The average Bonchev–Trinajstić information content (AvgIpc) is 3.56. The Morgan fingerprint density at radius 3 is 2.58 bits per heavy atom.